The van der Waals surface area contributed by atoms with E-state index < -0.39 is 0 Å². The SMILES string of the molecule is Cc1ccc(/C=C/C2(C#N)CCCCC2)cc1. The largest absolute Gasteiger partial charge is 0.197 e. The van der Waals surface area contributed by atoms with Gasteiger partial charge in [-0.25, -0.2) is 0 Å². The number of aryl methyl sites for hydroxylation is 1. The number of benzene rings is 1. The summed E-state index contributed by atoms with van der Waals surface area (Å²) in [6.45, 7) is 2.09. The van der Waals surface area contributed by atoms with Gasteiger partial charge >= 0.3 is 0 Å². The molecule has 0 bridgehead atoms. The summed E-state index contributed by atoms with van der Waals surface area (Å²) in [5, 5.41) is 9.36. The lowest BCUT2D eigenvalue weighted by Crippen LogP contribution is -2.18. The second-order valence-electron chi connectivity index (χ2n) is 5.07. The topological polar surface area (TPSA) is 23.8 Å². The van der Waals surface area contributed by atoms with E-state index in [1.807, 2.05) is 0 Å². The summed E-state index contributed by atoms with van der Waals surface area (Å²) in [6, 6.07) is 11.0. The van der Waals surface area contributed by atoms with Crippen LogP contribution in [0.1, 0.15) is 43.2 Å². The van der Waals surface area contributed by atoms with E-state index in [2.05, 4.69) is 49.4 Å². The Kier molecular flexibility index (Phi) is 3.64. The van der Waals surface area contributed by atoms with Crippen molar-refractivity contribution in [2.45, 2.75) is 39.0 Å². The lowest BCUT2D eigenvalue weighted by Gasteiger charge is -2.27. The van der Waals surface area contributed by atoms with E-state index in [0.717, 1.165) is 12.8 Å². The smallest absolute Gasteiger partial charge is 0.0756 e. The Labute approximate surface area is 104 Å². The molecule has 88 valence electrons. The molecule has 0 heterocycles. The summed E-state index contributed by atoms with van der Waals surface area (Å²) in [4.78, 5) is 0. The lowest BCUT2D eigenvalue weighted by molar-refractivity contribution is 0.337. The Morgan fingerprint density at radius 3 is 2.35 bits per heavy atom. The molecule has 0 aliphatic heterocycles. The van der Waals surface area contributed by atoms with Crippen molar-refractivity contribution in [2.24, 2.45) is 5.41 Å². The summed E-state index contributed by atoms with van der Waals surface area (Å²) >= 11 is 0. The third-order valence-corrected chi connectivity index (χ3v) is 3.64. The molecular formula is C16H19N. The molecule has 1 heteroatoms. The van der Waals surface area contributed by atoms with Gasteiger partial charge in [-0.05, 0) is 25.3 Å². The van der Waals surface area contributed by atoms with Crippen LogP contribution in [0.25, 0.3) is 6.08 Å². The number of nitrogens with zero attached hydrogens (tertiary/aromatic N) is 1. The van der Waals surface area contributed by atoms with Crippen molar-refractivity contribution in [1.82, 2.24) is 0 Å². The molecule has 0 aromatic heterocycles. The first kappa shape index (κ1) is 11.9. The molecule has 17 heavy (non-hydrogen) atoms. The number of rotatable bonds is 2. The molecule has 1 fully saturated rings. The van der Waals surface area contributed by atoms with Gasteiger partial charge in [-0.15, -0.1) is 0 Å². The quantitative estimate of drug-likeness (QED) is 0.728. The second-order valence-corrected chi connectivity index (χ2v) is 5.07. The van der Waals surface area contributed by atoms with Gasteiger partial charge in [0.25, 0.3) is 0 Å². The number of nitriles is 1. The van der Waals surface area contributed by atoms with Gasteiger partial charge < -0.3 is 0 Å². The van der Waals surface area contributed by atoms with Gasteiger partial charge in [0.05, 0.1) is 11.5 Å². The molecular weight excluding hydrogens is 206 g/mol. The van der Waals surface area contributed by atoms with Gasteiger partial charge in [0.15, 0.2) is 0 Å². The van der Waals surface area contributed by atoms with Gasteiger partial charge in [-0.3, -0.25) is 0 Å². The van der Waals surface area contributed by atoms with Crippen molar-refractivity contribution in [1.29, 1.82) is 5.26 Å². The Morgan fingerprint density at radius 1 is 1.12 bits per heavy atom. The molecule has 0 spiro atoms. The average molecular weight is 225 g/mol. The maximum Gasteiger partial charge on any atom is 0.0756 e. The van der Waals surface area contributed by atoms with Crippen molar-refractivity contribution in [3.05, 3.63) is 41.5 Å². The van der Waals surface area contributed by atoms with Crippen molar-refractivity contribution in [2.75, 3.05) is 0 Å². The first-order valence-corrected chi connectivity index (χ1v) is 6.41. The van der Waals surface area contributed by atoms with Crippen LogP contribution in [-0.4, -0.2) is 0 Å². The third kappa shape index (κ3) is 2.97. The fourth-order valence-electron chi connectivity index (χ4n) is 2.43. The summed E-state index contributed by atoms with van der Waals surface area (Å²) in [6.07, 6.45) is 9.92. The van der Waals surface area contributed by atoms with E-state index in [9.17, 15) is 5.26 Å². The Balaban J connectivity index is 2.13. The Bertz CT molecular complexity index is 428. The predicted octanol–water partition coefficient (Wildman–Crippen LogP) is 4.48. The maximum atomic E-state index is 9.36. The molecule has 0 saturated heterocycles. The maximum absolute atomic E-state index is 9.36. The molecule has 0 N–H and O–H groups in total. The van der Waals surface area contributed by atoms with E-state index in [1.165, 1.54) is 30.4 Å². The van der Waals surface area contributed by atoms with E-state index >= 15 is 0 Å². The van der Waals surface area contributed by atoms with Crippen molar-refractivity contribution in [3.8, 4) is 6.07 Å². The van der Waals surface area contributed by atoms with Crippen LogP contribution in [-0.2, 0) is 0 Å². The zero-order valence-corrected chi connectivity index (χ0v) is 10.4. The van der Waals surface area contributed by atoms with Gasteiger partial charge in [-0.2, -0.15) is 5.26 Å². The van der Waals surface area contributed by atoms with Crippen LogP contribution in [0.4, 0.5) is 0 Å². The average Bonchev–Trinajstić information content (AvgIpc) is 2.39. The normalized spacial score (nSPS) is 19.1. The van der Waals surface area contributed by atoms with E-state index in [-0.39, 0.29) is 5.41 Å². The Morgan fingerprint density at radius 2 is 1.76 bits per heavy atom. The molecule has 1 nitrogen and oxygen atoms in total. The van der Waals surface area contributed by atoms with Crippen molar-refractivity contribution < 1.29 is 0 Å². The zero-order valence-electron chi connectivity index (χ0n) is 10.4. The fourth-order valence-corrected chi connectivity index (χ4v) is 2.43. The van der Waals surface area contributed by atoms with Crippen molar-refractivity contribution in [3.63, 3.8) is 0 Å². The minimum absolute atomic E-state index is 0.205. The van der Waals surface area contributed by atoms with Crippen LogP contribution in [0.15, 0.2) is 30.3 Å². The van der Waals surface area contributed by atoms with Gasteiger partial charge in [0, 0.05) is 0 Å². The highest BCUT2D eigenvalue weighted by molar-refractivity contribution is 5.51. The summed E-state index contributed by atoms with van der Waals surface area (Å²) in [7, 11) is 0. The van der Waals surface area contributed by atoms with Crippen LogP contribution >= 0.6 is 0 Å². The van der Waals surface area contributed by atoms with Crippen LogP contribution in [0, 0.1) is 23.7 Å². The molecule has 1 aromatic rings. The highest BCUT2D eigenvalue weighted by Crippen LogP contribution is 2.37. The van der Waals surface area contributed by atoms with E-state index in [0.29, 0.717) is 0 Å². The van der Waals surface area contributed by atoms with Crippen LogP contribution in [0.5, 0.6) is 0 Å². The standard InChI is InChI=1S/C16H19N/c1-14-5-7-15(8-6-14)9-12-16(13-17)10-3-2-4-11-16/h5-9,12H,2-4,10-11H2,1H3/b12-9+. The minimum atomic E-state index is -0.205. The predicted molar refractivity (Wildman–Crippen MR) is 71.3 cm³/mol. The summed E-state index contributed by atoms with van der Waals surface area (Å²) < 4.78 is 0. The summed E-state index contributed by atoms with van der Waals surface area (Å²) in [5.74, 6) is 0. The fraction of sp³-hybridized carbons (Fsp3) is 0.438. The molecule has 1 aliphatic carbocycles. The monoisotopic (exact) mass is 225 g/mol. The second kappa shape index (κ2) is 5.19. The molecule has 0 amide bonds. The van der Waals surface area contributed by atoms with Gasteiger partial charge in [0.1, 0.15) is 0 Å². The molecule has 2 rings (SSSR count). The minimum Gasteiger partial charge on any atom is -0.197 e. The number of hydrogen-bond donors (Lipinski definition) is 0. The molecule has 0 unspecified atom stereocenters. The molecule has 1 aromatic carbocycles. The van der Waals surface area contributed by atoms with Crippen LogP contribution in [0.2, 0.25) is 0 Å². The molecule has 1 aliphatic rings. The molecule has 1 saturated carbocycles. The summed E-state index contributed by atoms with van der Waals surface area (Å²) in [5.41, 5.74) is 2.26. The Hall–Kier alpha value is -1.55. The number of hydrogen-bond acceptors (Lipinski definition) is 1. The van der Waals surface area contributed by atoms with E-state index in [1.54, 1.807) is 0 Å². The van der Waals surface area contributed by atoms with Crippen molar-refractivity contribution >= 4 is 6.08 Å². The third-order valence-electron chi connectivity index (χ3n) is 3.64. The highest BCUT2D eigenvalue weighted by Gasteiger charge is 2.28. The first-order valence-electron chi connectivity index (χ1n) is 6.41. The zero-order chi connectivity index (χ0) is 12.1. The molecule has 0 radical (unpaired) electrons. The van der Waals surface area contributed by atoms with Crippen LogP contribution in [0.3, 0.4) is 0 Å². The van der Waals surface area contributed by atoms with Gasteiger partial charge in [0.2, 0.25) is 0 Å². The van der Waals surface area contributed by atoms with Gasteiger partial charge in [-0.1, -0.05) is 61.2 Å². The molecule has 0 atom stereocenters. The lowest BCUT2D eigenvalue weighted by atomic mass is 9.75. The first-order chi connectivity index (χ1) is 8.24. The number of allylic oxidation sites excluding steroid dienone is 1. The highest BCUT2D eigenvalue weighted by atomic mass is 14.4. The van der Waals surface area contributed by atoms with E-state index in [4.69, 9.17) is 0 Å². The van der Waals surface area contributed by atoms with Crippen LogP contribution < -0.4 is 0 Å².